The first-order valence-corrected chi connectivity index (χ1v) is 6.96. The molecule has 0 bridgehead atoms. The average molecular weight is 266 g/mol. The van der Waals surface area contributed by atoms with Crippen LogP contribution in [0.1, 0.15) is 37.6 Å². The van der Waals surface area contributed by atoms with Gasteiger partial charge in [-0.25, -0.2) is 4.98 Å². The van der Waals surface area contributed by atoms with E-state index in [1.54, 1.807) is 0 Å². The summed E-state index contributed by atoms with van der Waals surface area (Å²) in [4.78, 5) is 4.49. The highest BCUT2D eigenvalue weighted by molar-refractivity contribution is 5.35. The molecule has 0 aromatic carbocycles. The summed E-state index contributed by atoms with van der Waals surface area (Å²) < 4.78 is 11.2. The molecule has 4 nitrogen and oxygen atoms in total. The highest BCUT2D eigenvalue weighted by Gasteiger charge is 2.10. The fourth-order valence-corrected chi connectivity index (χ4v) is 1.84. The predicted molar refractivity (Wildman–Crippen MR) is 77.7 cm³/mol. The molecule has 1 rings (SSSR count). The zero-order valence-electron chi connectivity index (χ0n) is 12.7. The molecule has 1 heterocycles. The molecule has 0 aliphatic rings. The van der Waals surface area contributed by atoms with Gasteiger partial charge < -0.3 is 14.8 Å². The van der Waals surface area contributed by atoms with Crippen LogP contribution in [0.15, 0.2) is 6.07 Å². The average Bonchev–Trinajstić information content (AvgIpc) is 2.33. The van der Waals surface area contributed by atoms with Crippen LogP contribution in [0.4, 0.5) is 0 Å². The molecule has 1 N–H and O–H groups in total. The highest BCUT2D eigenvalue weighted by Crippen LogP contribution is 2.20. The zero-order chi connectivity index (χ0) is 14.3. The minimum atomic E-state index is 0.233. The fourth-order valence-electron chi connectivity index (χ4n) is 1.84. The SMILES string of the molecule is CCNCc1c(C)cc(C)nc1OCCOC(C)C. The molecule has 0 amide bonds. The minimum Gasteiger partial charge on any atom is -0.475 e. The standard InChI is InChI=1S/C15H26N2O2/c1-6-16-10-14-12(4)9-13(5)17-15(14)19-8-7-18-11(2)3/h9,11,16H,6-8,10H2,1-5H3. The van der Waals surface area contributed by atoms with Gasteiger partial charge in [0.2, 0.25) is 5.88 Å². The second kappa shape index (κ2) is 8.12. The number of aromatic nitrogens is 1. The van der Waals surface area contributed by atoms with Crippen LogP contribution in [0.5, 0.6) is 5.88 Å². The summed E-state index contributed by atoms with van der Waals surface area (Å²) >= 11 is 0. The number of rotatable bonds is 8. The fraction of sp³-hybridized carbons (Fsp3) is 0.667. The van der Waals surface area contributed by atoms with Gasteiger partial charge in [0, 0.05) is 17.8 Å². The van der Waals surface area contributed by atoms with Crippen molar-refractivity contribution in [2.75, 3.05) is 19.8 Å². The van der Waals surface area contributed by atoms with E-state index < -0.39 is 0 Å². The number of nitrogens with zero attached hydrogens (tertiary/aromatic N) is 1. The van der Waals surface area contributed by atoms with E-state index in [2.05, 4.69) is 30.2 Å². The molecule has 0 radical (unpaired) electrons. The van der Waals surface area contributed by atoms with E-state index in [9.17, 15) is 0 Å². The Labute approximate surface area is 116 Å². The van der Waals surface area contributed by atoms with Gasteiger partial charge in [-0.15, -0.1) is 0 Å². The first-order chi connectivity index (χ1) is 9.04. The van der Waals surface area contributed by atoms with Crippen LogP contribution in [-0.2, 0) is 11.3 Å². The van der Waals surface area contributed by atoms with Gasteiger partial charge >= 0.3 is 0 Å². The van der Waals surface area contributed by atoms with Gasteiger partial charge in [-0.1, -0.05) is 6.92 Å². The molecular formula is C15H26N2O2. The molecule has 0 atom stereocenters. The summed E-state index contributed by atoms with van der Waals surface area (Å²) in [5.41, 5.74) is 3.34. The lowest BCUT2D eigenvalue weighted by Crippen LogP contribution is -2.17. The maximum atomic E-state index is 5.77. The van der Waals surface area contributed by atoms with Crippen molar-refractivity contribution < 1.29 is 9.47 Å². The van der Waals surface area contributed by atoms with Crippen molar-refractivity contribution in [1.29, 1.82) is 0 Å². The Morgan fingerprint density at radius 3 is 2.63 bits per heavy atom. The second-order valence-corrected chi connectivity index (χ2v) is 4.91. The Bertz CT molecular complexity index is 392. The van der Waals surface area contributed by atoms with Crippen LogP contribution in [0, 0.1) is 13.8 Å². The molecule has 0 fully saturated rings. The molecule has 0 aliphatic carbocycles. The number of aryl methyl sites for hydroxylation is 2. The largest absolute Gasteiger partial charge is 0.475 e. The molecule has 0 saturated carbocycles. The summed E-state index contributed by atoms with van der Waals surface area (Å²) in [5, 5.41) is 3.32. The maximum absolute atomic E-state index is 5.77. The molecule has 0 aliphatic heterocycles. The van der Waals surface area contributed by atoms with Crippen LogP contribution in [0.25, 0.3) is 0 Å². The lowest BCUT2D eigenvalue weighted by atomic mass is 10.1. The van der Waals surface area contributed by atoms with E-state index in [-0.39, 0.29) is 6.10 Å². The molecule has 0 spiro atoms. The number of hydrogen-bond donors (Lipinski definition) is 1. The van der Waals surface area contributed by atoms with Gasteiger partial charge in [-0.05, 0) is 45.9 Å². The van der Waals surface area contributed by atoms with E-state index in [1.807, 2.05) is 20.8 Å². The van der Waals surface area contributed by atoms with Gasteiger partial charge in [-0.3, -0.25) is 0 Å². The Kier molecular flexibility index (Phi) is 6.81. The third-order valence-corrected chi connectivity index (χ3v) is 2.76. The summed E-state index contributed by atoms with van der Waals surface area (Å²) in [6.45, 7) is 13.1. The van der Waals surface area contributed by atoms with Crippen molar-refractivity contribution in [3.8, 4) is 5.88 Å². The van der Waals surface area contributed by atoms with Crippen LogP contribution in [-0.4, -0.2) is 30.8 Å². The predicted octanol–water partition coefficient (Wildman–Crippen LogP) is 2.61. The normalized spacial score (nSPS) is 11.1. The summed E-state index contributed by atoms with van der Waals surface area (Å²) in [6, 6.07) is 2.09. The molecule has 1 aromatic rings. The number of nitrogens with one attached hydrogen (secondary N) is 1. The topological polar surface area (TPSA) is 43.4 Å². The van der Waals surface area contributed by atoms with Gasteiger partial charge in [0.05, 0.1) is 12.7 Å². The van der Waals surface area contributed by atoms with Crippen LogP contribution < -0.4 is 10.1 Å². The molecule has 108 valence electrons. The third-order valence-electron chi connectivity index (χ3n) is 2.76. The number of hydrogen-bond acceptors (Lipinski definition) is 4. The first kappa shape index (κ1) is 15.9. The van der Waals surface area contributed by atoms with Crippen molar-refractivity contribution >= 4 is 0 Å². The molecular weight excluding hydrogens is 240 g/mol. The molecule has 4 heteroatoms. The quantitative estimate of drug-likeness (QED) is 0.735. The maximum Gasteiger partial charge on any atom is 0.218 e. The third kappa shape index (κ3) is 5.57. The van der Waals surface area contributed by atoms with Crippen molar-refractivity contribution in [2.45, 2.75) is 47.3 Å². The van der Waals surface area contributed by atoms with E-state index in [0.29, 0.717) is 13.2 Å². The Balaban J connectivity index is 2.68. The van der Waals surface area contributed by atoms with Crippen molar-refractivity contribution in [2.24, 2.45) is 0 Å². The lowest BCUT2D eigenvalue weighted by Gasteiger charge is -2.15. The van der Waals surface area contributed by atoms with Gasteiger partial charge in [-0.2, -0.15) is 0 Å². The van der Waals surface area contributed by atoms with Crippen molar-refractivity contribution in [3.63, 3.8) is 0 Å². The summed E-state index contributed by atoms with van der Waals surface area (Å²) in [5.74, 6) is 0.728. The van der Waals surface area contributed by atoms with E-state index >= 15 is 0 Å². The van der Waals surface area contributed by atoms with E-state index in [1.165, 1.54) is 5.56 Å². The first-order valence-electron chi connectivity index (χ1n) is 6.96. The highest BCUT2D eigenvalue weighted by atomic mass is 16.5. The number of pyridine rings is 1. The van der Waals surface area contributed by atoms with Crippen molar-refractivity contribution in [1.82, 2.24) is 10.3 Å². The minimum absolute atomic E-state index is 0.233. The van der Waals surface area contributed by atoms with Crippen LogP contribution in [0.2, 0.25) is 0 Å². The van der Waals surface area contributed by atoms with E-state index in [4.69, 9.17) is 9.47 Å². The monoisotopic (exact) mass is 266 g/mol. The molecule has 1 aromatic heterocycles. The Morgan fingerprint density at radius 2 is 2.00 bits per heavy atom. The van der Waals surface area contributed by atoms with Crippen molar-refractivity contribution in [3.05, 3.63) is 22.9 Å². The second-order valence-electron chi connectivity index (χ2n) is 4.91. The van der Waals surface area contributed by atoms with Gasteiger partial charge in [0.25, 0.3) is 0 Å². The molecule has 19 heavy (non-hydrogen) atoms. The van der Waals surface area contributed by atoms with Crippen LogP contribution >= 0.6 is 0 Å². The van der Waals surface area contributed by atoms with E-state index in [0.717, 1.165) is 30.2 Å². The summed E-state index contributed by atoms with van der Waals surface area (Å²) in [6.07, 6.45) is 0.233. The molecule has 0 saturated heterocycles. The number of ether oxygens (including phenoxy) is 2. The zero-order valence-corrected chi connectivity index (χ0v) is 12.7. The van der Waals surface area contributed by atoms with Gasteiger partial charge in [0.15, 0.2) is 0 Å². The molecule has 0 unspecified atom stereocenters. The Hall–Kier alpha value is -1.13. The van der Waals surface area contributed by atoms with Crippen LogP contribution in [0.3, 0.4) is 0 Å². The Morgan fingerprint density at radius 1 is 1.26 bits per heavy atom. The van der Waals surface area contributed by atoms with Gasteiger partial charge in [0.1, 0.15) is 6.61 Å². The summed E-state index contributed by atoms with van der Waals surface area (Å²) in [7, 11) is 0. The lowest BCUT2D eigenvalue weighted by molar-refractivity contribution is 0.0539. The smallest absolute Gasteiger partial charge is 0.218 e.